The Kier molecular flexibility index (Phi) is 4.76. The van der Waals surface area contributed by atoms with Crippen LogP contribution in [0.15, 0.2) is 52.9 Å². The van der Waals surface area contributed by atoms with Gasteiger partial charge in [-0.1, -0.05) is 44.9 Å². The molecule has 3 heterocycles. The first-order valence-corrected chi connectivity index (χ1v) is 12.2. The predicted octanol–water partition coefficient (Wildman–Crippen LogP) is 8.59. The average molecular weight is 435 g/mol. The third kappa shape index (κ3) is 3.33. The molecule has 6 rings (SSSR count). The van der Waals surface area contributed by atoms with Gasteiger partial charge in [0.05, 0.1) is 5.69 Å². The Hall–Kier alpha value is -3.20. The molecule has 166 valence electrons. The molecule has 5 aromatic rings. The van der Waals surface area contributed by atoms with Gasteiger partial charge in [0.1, 0.15) is 5.58 Å². The van der Waals surface area contributed by atoms with E-state index >= 15 is 0 Å². The second-order valence-corrected chi connectivity index (χ2v) is 10.1. The Morgan fingerprint density at radius 2 is 1.67 bits per heavy atom. The van der Waals surface area contributed by atoms with Gasteiger partial charge < -0.3 is 4.42 Å². The molecule has 1 aliphatic carbocycles. The molecule has 1 saturated carbocycles. The van der Waals surface area contributed by atoms with Crippen LogP contribution in [0.3, 0.4) is 0 Å². The van der Waals surface area contributed by atoms with E-state index in [1.54, 1.807) is 0 Å². The zero-order valence-electron chi connectivity index (χ0n) is 19.9. The van der Waals surface area contributed by atoms with Gasteiger partial charge in [-0.25, -0.2) is 4.98 Å². The minimum atomic E-state index is 0.455. The van der Waals surface area contributed by atoms with Crippen molar-refractivity contribution in [2.45, 2.75) is 65.2 Å². The normalized spacial score (nSPS) is 14.9. The molecule has 0 aliphatic heterocycles. The Morgan fingerprint density at radius 3 is 2.45 bits per heavy atom. The first-order valence-electron chi connectivity index (χ1n) is 12.2. The highest BCUT2D eigenvalue weighted by molar-refractivity contribution is 6.11. The van der Waals surface area contributed by atoms with E-state index in [9.17, 15) is 0 Å². The number of benzene rings is 2. The lowest BCUT2D eigenvalue weighted by molar-refractivity contribution is 0.653. The van der Waals surface area contributed by atoms with Crippen LogP contribution in [-0.4, -0.2) is 9.97 Å². The summed E-state index contributed by atoms with van der Waals surface area (Å²) < 4.78 is 6.41. The second-order valence-electron chi connectivity index (χ2n) is 10.1. The van der Waals surface area contributed by atoms with Crippen molar-refractivity contribution < 1.29 is 4.42 Å². The summed E-state index contributed by atoms with van der Waals surface area (Å²) in [4.78, 5) is 10.0. The summed E-state index contributed by atoms with van der Waals surface area (Å²) in [7, 11) is 0. The fourth-order valence-corrected chi connectivity index (χ4v) is 5.63. The van der Waals surface area contributed by atoms with Crippen LogP contribution in [0.1, 0.15) is 73.9 Å². The molecule has 3 aromatic heterocycles. The van der Waals surface area contributed by atoms with Crippen molar-refractivity contribution in [2.75, 3.05) is 0 Å². The SMILES string of the molecule is Cc1cc(-c2nc(C3CCCC3)cc3c(C(C)C)cccc23)c2oc3nc(C)ccc3c2c1. The lowest BCUT2D eigenvalue weighted by Crippen LogP contribution is -2.01. The van der Waals surface area contributed by atoms with Gasteiger partial charge in [0.25, 0.3) is 0 Å². The van der Waals surface area contributed by atoms with E-state index in [2.05, 4.69) is 74.3 Å². The number of aryl methyl sites for hydroxylation is 2. The van der Waals surface area contributed by atoms with Crippen molar-refractivity contribution in [3.63, 3.8) is 0 Å². The zero-order valence-corrected chi connectivity index (χ0v) is 19.9. The van der Waals surface area contributed by atoms with E-state index in [1.165, 1.54) is 53.3 Å². The molecule has 0 saturated heterocycles. The van der Waals surface area contributed by atoms with Crippen LogP contribution in [0.25, 0.3) is 44.1 Å². The molecule has 0 spiro atoms. The van der Waals surface area contributed by atoms with Gasteiger partial charge in [0.15, 0.2) is 0 Å². The minimum absolute atomic E-state index is 0.455. The van der Waals surface area contributed by atoms with Crippen LogP contribution in [0.4, 0.5) is 0 Å². The molecule has 0 radical (unpaired) electrons. The number of fused-ring (bicyclic) bond motifs is 4. The molecule has 3 nitrogen and oxygen atoms in total. The zero-order chi connectivity index (χ0) is 22.7. The number of furan rings is 1. The summed E-state index contributed by atoms with van der Waals surface area (Å²) >= 11 is 0. The molecule has 0 atom stereocenters. The summed E-state index contributed by atoms with van der Waals surface area (Å²) in [6.45, 7) is 8.72. The highest BCUT2D eigenvalue weighted by Gasteiger charge is 2.23. The monoisotopic (exact) mass is 434 g/mol. The molecular weight excluding hydrogens is 404 g/mol. The second kappa shape index (κ2) is 7.69. The maximum Gasteiger partial charge on any atom is 0.227 e. The van der Waals surface area contributed by atoms with Crippen LogP contribution in [0.5, 0.6) is 0 Å². The summed E-state index contributed by atoms with van der Waals surface area (Å²) in [6, 6.07) is 17.7. The van der Waals surface area contributed by atoms with Crippen LogP contribution < -0.4 is 0 Å². The fraction of sp³-hybridized carbons (Fsp3) is 0.333. The first-order chi connectivity index (χ1) is 16.0. The van der Waals surface area contributed by atoms with E-state index in [-0.39, 0.29) is 0 Å². The molecule has 0 unspecified atom stereocenters. The molecule has 1 fully saturated rings. The molecule has 3 heteroatoms. The van der Waals surface area contributed by atoms with Crippen molar-refractivity contribution in [1.29, 1.82) is 0 Å². The minimum Gasteiger partial charge on any atom is -0.437 e. The molecule has 0 amide bonds. The van der Waals surface area contributed by atoms with E-state index in [1.807, 2.05) is 6.92 Å². The molecular formula is C30H30N2O. The van der Waals surface area contributed by atoms with Crippen LogP contribution in [0, 0.1) is 13.8 Å². The lowest BCUT2D eigenvalue weighted by atomic mass is 9.91. The summed E-state index contributed by atoms with van der Waals surface area (Å²) in [5.41, 5.74) is 8.52. The number of hydrogen-bond acceptors (Lipinski definition) is 3. The predicted molar refractivity (Wildman–Crippen MR) is 137 cm³/mol. The summed E-state index contributed by atoms with van der Waals surface area (Å²) in [5.74, 6) is 1.00. The van der Waals surface area contributed by atoms with Gasteiger partial charge in [-0.15, -0.1) is 0 Å². The molecule has 1 aliphatic rings. The maximum absolute atomic E-state index is 6.41. The van der Waals surface area contributed by atoms with Crippen molar-refractivity contribution in [3.8, 4) is 11.3 Å². The Labute approximate surface area is 194 Å². The number of nitrogens with zero attached hydrogens (tertiary/aromatic N) is 2. The highest BCUT2D eigenvalue weighted by atomic mass is 16.3. The Balaban J connectivity index is 1.72. The standard InChI is InChI=1S/C30H30N2O/c1-17(2)21-10-7-11-22-24(21)16-27(20-8-5-6-9-20)32-28(22)26-15-18(3)14-25-23-13-12-19(4)31-30(23)33-29(25)26/h7,10-17,20H,5-6,8-9H2,1-4H3. The van der Waals surface area contributed by atoms with Crippen molar-refractivity contribution in [3.05, 3.63) is 71.0 Å². The van der Waals surface area contributed by atoms with Gasteiger partial charge in [0.2, 0.25) is 5.71 Å². The fourth-order valence-electron chi connectivity index (χ4n) is 5.63. The quantitative estimate of drug-likeness (QED) is 0.285. The van der Waals surface area contributed by atoms with E-state index in [0.29, 0.717) is 17.5 Å². The Bertz CT molecular complexity index is 1520. The topological polar surface area (TPSA) is 38.9 Å². The van der Waals surface area contributed by atoms with Gasteiger partial charge in [-0.05, 0) is 79.5 Å². The summed E-state index contributed by atoms with van der Waals surface area (Å²) in [6.07, 6.45) is 5.07. The summed E-state index contributed by atoms with van der Waals surface area (Å²) in [5, 5.41) is 4.73. The van der Waals surface area contributed by atoms with Gasteiger partial charge in [-0.3, -0.25) is 4.98 Å². The van der Waals surface area contributed by atoms with Crippen molar-refractivity contribution in [2.24, 2.45) is 0 Å². The lowest BCUT2D eigenvalue weighted by Gasteiger charge is -2.17. The molecule has 0 N–H and O–H groups in total. The van der Waals surface area contributed by atoms with Gasteiger partial charge in [0, 0.05) is 39.0 Å². The smallest absolute Gasteiger partial charge is 0.227 e. The molecule has 33 heavy (non-hydrogen) atoms. The van der Waals surface area contributed by atoms with Gasteiger partial charge in [-0.2, -0.15) is 0 Å². The number of rotatable bonds is 3. The largest absolute Gasteiger partial charge is 0.437 e. The third-order valence-corrected chi connectivity index (χ3v) is 7.30. The highest BCUT2D eigenvalue weighted by Crippen LogP contribution is 2.42. The van der Waals surface area contributed by atoms with E-state index < -0.39 is 0 Å². The van der Waals surface area contributed by atoms with E-state index in [4.69, 9.17) is 9.40 Å². The average Bonchev–Trinajstić information content (AvgIpc) is 3.45. The maximum atomic E-state index is 6.41. The Morgan fingerprint density at radius 1 is 0.848 bits per heavy atom. The van der Waals surface area contributed by atoms with Gasteiger partial charge >= 0.3 is 0 Å². The third-order valence-electron chi connectivity index (χ3n) is 7.30. The van der Waals surface area contributed by atoms with Crippen molar-refractivity contribution in [1.82, 2.24) is 9.97 Å². The molecule has 0 bridgehead atoms. The first kappa shape index (κ1) is 20.4. The van der Waals surface area contributed by atoms with Crippen LogP contribution >= 0.6 is 0 Å². The number of aromatic nitrogens is 2. The molecule has 2 aromatic carbocycles. The van der Waals surface area contributed by atoms with Crippen LogP contribution in [0.2, 0.25) is 0 Å². The van der Waals surface area contributed by atoms with E-state index in [0.717, 1.165) is 33.3 Å². The number of pyridine rings is 2. The van der Waals surface area contributed by atoms with Crippen molar-refractivity contribution >= 4 is 32.8 Å². The van der Waals surface area contributed by atoms with Crippen LogP contribution in [-0.2, 0) is 0 Å². The number of hydrogen-bond donors (Lipinski definition) is 0.